The van der Waals surface area contributed by atoms with Gasteiger partial charge in [-0.15, -0.1) is 0 Å². The average molecular weight is 205 g/mol. The first-order chi connectivity index (χ1) is 6.74. The molecule has 0 spiro atoms. The number of hydrogen-bond acceptors (Lipinski definition) is 1. The van der Waals surface area contributed by atoms with E-state index in [9.17, 15) is 8.78 Å². The van der Waals surface area contributed by atoms with Crippen LogP contribution < -0.4 is 5.32 Å². The van der Waals surface area contributed by atoms with Crippen LogP contribution in [0.5, 0.6) is 0 Å². The van der Waals surface area contributed by atoms with Crippen molar-refractivity contribution in [1.29, 1.82) is 0 Å². The van der Waals surface area contributed by atoms with E-state index < -0.39 is 12.5 Å². The van der Waals surface area contributed by atoms with Gasteiger partial charge in [-0.2, -0.15) is 0 Å². The van der Waals surface area contributed by atoms with Crippen molar-refractivity contribution < 1.29 is 8.78 Å². The minimum Gasteiger partial charge on any atom is -0.309 e. The molecule has 1 saturated carbocycles. The molecule has 1 aliphatic rings. The molecule has 3 heteroatoms. The van der Waals surface area contributed by atoms with E-state index in [-0.39, 0.29) is 0 Å². The summed E-state index contributed by atoms with van der Waals surface area (Å²) in [6.07, 6.45) is 4.14. The molecule has 0 aromatic carbocycles. The third-order valence-electron chi connectivity index (χ3n) is 3.02. The van der Waals surface area contributed by atoms with E-state index in [0.29, 0.717) is 18.9 Å². The first kappa shape index (κ1) is 11.9. The highest BCUT2D eigenvalue weighted by Gasteiger charge is 2.25. The van der Waals surface area contributed by atoms with Gasteiger partial charge >= 0.3 is 0 Å². The summed E-state index contributed by atoms with van der Waals surface area (Å²) >= 11 is 0. The third kappa shape index (κ3) is 3.91. The lowest BCUT2D eigenvalue weighted by Gasteiger charge is -2.20. The molecule has 0 aromatic heterocycles. The number of halogens is 2. The van der Waals surface area contributed by atoms with Crippen molar-refractivity contribution >= 4 is 0 Å². The lowest BCUT2D eigenvalue weighted by Crippen LogP contribution is -2.37. The molecule has 0 amide bonds. The second kappa shape index (κ2) is 6.33. The molecule has 14 heavy (non-hydrogen) atoms. The van der Waals surface area contributed by atoms with E-state index in [2.05, 4.69) is 5.32 Å². The van der Waals surface area contributed by atoms with Gasteiger partial charge in [0.25, 0.3) is 6.43 Å². The Morgan fingerprint density at radius 1 is 1.29 bits per heavy atom. The Morgan fingerprint density at radius 2 is 1.93 bits per heavy atom. The van der Waals surface area contributed by atoms with E-state index in [1.54, 1.807) is 0 Å². The van der Waals surface area contributed by atoms with Gasteiger partial charge in [-0.3, -0.25) is 0 Å². The SMILES string of the molecule is CCCNC(CC1CCCC1)C(F)F. The highest BCUT2D eigenvalue weighted by Crippen LogP contribution is 2.29. The molecule has 1 fully saturated rings. The molecule has 1 aliphatic carbocycles. The standard InChI is InChI=1S/C11H21F2N/c1-2-7-14-10(11(12)13)8-9-5-3-4-6-9/h9-11,14H,2-8H2,1H3. The van der Waals surface area contributed by atoms with Gasteiger partial charge in [0.2, 0.25) is 0 Å². The molecule has 0 radical (unpaired) electrons. The normalized spacial score (nSPS) is 20.6. The summed E-state index contributed by atoms with van der Waals surface area (Å²) in [6.45, 7) is 2.72. The molecular formula is C11H21F2N. The van der Waals surface area contributed by atoms with Crippen molar-refractivity contribution in [1.82, 2.24) is 5.32 Å². The zero-order valence-electron chi connectivity index (χ0n) is 8.94. The number of hydrogen-bond donors (Lipinski definition) is 1. The topological polar surface area (TPSA) is 12.0 Å². The predicted molar refractivity (Wildman–Crippen MR) is 54.7 cm³/mol. The maximum atomic E-state index is 12.6. The largest absolute Gasteiger partial charge is 0.309 e. The fourth-order valence-corrected chi connectivity index (χ4v) is 2.21. The van der Waals surface area contributed by atoms with Crippen LogP contribution in [-0.4, -0.2) is 19.0 Å². The molecule has 0 aromatic rings. The van der Waals surface area contributed by atoms with Crippen LogP contribution in [0.4, 0.5) is 8.78 Å². The average Bonchev–Trinajstić information content (AvgIpc) is 2.64. The van der Waals surface area contributed by atoms with Crippen molar-refractivity contribution in [3.05, 3.63) is 0 Å². The van der Waals surface area contributed by atoms with Crippen LogP contribution in [0.3, 0.4) is 0 Å². The molecule has 0 saturated heterocycles. The van der Waals surface area contributed by atoms with Gasteiger partial charge in [-0.25, -0.2) is 8.78 Å². The zero-order valence-corrected chi connectivity index (χ0v) is 8.94. The minimum atomic E-state index is -2.21. The lowest BCUT2D eigenvalue weighted by molar-refractivity contribution is 0.0859. The van der Waals surface area contributed by atoms with E-state index in [0.717, 1.165) is 19.3 Å². The summed E-state index contributed by atoms with van der Waals surface area (Å²) in [5.74, 6) is 0.540. The molecule has 1 nitrogen and oxygen atoms in total. The Labute approximate surface area is 85.3 Å². The van der Waals surface area contributed by atoms with Crippen LogP contribution in [-0.2, 0) is 0 Å². The van der Waals surface area contributed by atoms with Crippen molar-refractivity contribution in [2.75, 3.05) is 6.54 Å². The van der Waals surface area contributed by atoms with Crippen molar-refractivity contribution in [2.45, 2.75) is 57.9 Å². The quantitative estimate of drug-likeness (QED) is 0.702. The van der Waals surface area contributed by atoms with E-state index in [1.165, 1.54) is 12.8 Å². The van der Waals surface area contributed by atoms with Gasteiger partial charge in [0.15, 0.2) is 0 Å². The van der Waals surface area contributed by atoms with Gasteiger partial charge in [0.05, 0.1) is 6.04 Å². The number of nitrogens with one attached hydrogen (secondary N) is 1. The van der Waals surface area contributed by atoms with Crippen LogP contribution in [0.2, 0.25) is 0 Å². The Balaban J connectivity index is 2.26. The summed E-state index contributed by atoms with van der Waals surface area (Å²) in [5, 5.41) is 2.95. The summed E-state index contributed by atoms with van der Waals surface area (Å²) in [5.41, 5.74) is 0. The summed E-state index contributed by atoms with van der Waals surface area (Å²) in [6, 6.07) is -0.571. The summed E-state index contributed by atoms with van der Waals surface area (Å²) in [7, 11) is 0. The monoisotopic (exact) mass is 205 g/mol. The van der Waals surface area contributed by atoms with Gasteiger partial charge in [-0.05, 0) is 25.3 Å². The summed E-state index contributed by atoms with van der Waals surface area (Å²) in [4.78, 5) is 0. The van der Waals surface area contributed by atoms with E-state index in [4.69, 9.17) is 0 Å². The predicted octanol–water partition coefficient (Wildman–Crippen LogP) is 3.20. The highest BCUT2D eigenvalue weighted by atomic mass is 19.3. The van der Waals surface area contributed by atoms with Crippen LogP contribution >= 0.6 is 0 Å². The Kier molecular flexibility index (Phi) is 5.38. The van der Waals surface area contributed by atoms with Gasteiger partial charge in [-0.1, -0.05) is 32.6 Å². The second-order valence-corrected chi connectivity index (χ2v) is 4.28. The fraction of sp³-hybridized carbons (Fsp3) is 1.00. The Bertz CT molecular complexity index is 144. The van der Waals surface area contributed by atoms with E-state index in [1.807, 2.05) is 6.92 Å². The second-order valence-electron chi connectivity index (χ2n) is 4.28. The Hall–Kier alpha value is -0.180. The molecular weight excluding hydrogens is 184 g/mol. The fourth-order valence-electron chi connectivity index (χ4n) is 2.21. The third-order valence-corrected chi connectivity index (χ3v) is 3.02. The van der Waals surface area contributed by atoms with Crippen molar-refractivity contribution in [3.8, 4) is 0 Å². The molecule has 1 rings (SSSR count). The first-order valence-corrected chi connectivity index (χ1v) is 5.75. The molecule has 1 atom stereocenters. The van der Waals surface area contributed by atoms with Gasteiger partial charge in [0.1, 0.15) is 0 Å². The molecule has 1 N–H and O–H groups in total. The van der Waals surface area contributed by atoms with Crippen molar-refractivity contribution in [3.63, 3.8) is 0 Å². The summed E-state index contributed by atoms with van der Waals surface area (Å²) < 4.78 is 25.2. The number of rotatable bonds is 6. The molecule has 0 heterocycles. The molecule has 84 valence electrons. The van der Waals surface area contributed by atoms with Crippen LogP contribution in [0.15, 0.2) is 0 Å². The van der Waals surface area contributed by atoms with Crippen LogP contribution in [0, 0.1) is 5.92 Å². The lowest BCUT2D eigenvalue weighted by atomic mass is 9.98. The Morgan fingerprint density at radius 3 is 2.43 bits per heavy atom. The van der Waals surface area contributed by atoms with Crippen LogP contribution in [0.1, 0.15) is 45.4 Å². The van der Waals surface area contributed by atoms with Crippen LogP contribution in [0.25, 0.3) is 0 Å². The molecule has 0 aliphatic heterocycles. The zero-order chi connectivity index (χ0) is 10.4. The minimum absolute atomic E-state index is 0.540. The van der Waals surface area contributed by atoms with Crippen molar-refractivity contribution in [2.24, 2.45) is 5.92 Å². The smallest absolute Gasteiger partial charge is 0.253 e. The molecule has 1 unspecified atom stereocenters. The highest BCUT2D eigenvalue weighted by molar-refractivity contribution is 4.77. The first-order valence-electron chi connectivity index (χ1n) is 5.75. The van der Waals surface area contributed by atoms with Gasteiger partial charge < -0.3 is 5.32 Å². The van der Waals surface area contributed by atoms with Gasteiger partial charge in [0, 0.05) is 0 Å². The maximum Gasteiger partial charge on any atom is 0.253 e. The number of alkyl halides is 2. The van der Waals surface area contributed by atoms with E-state index >= 15 is 0 Å². The maximum absolute atomic E-state index is 12.6. The molecule has 0 bridgehead atoms.